The van der Waals surface area contributed by atoms with Crippen molar-refractivity contribution in [2.45, 2.75) is 6.18 Å². The zero-order chi connectivity index (χ0) is 21.6. The smallest absolute Gasteiger partial charge is 0.417 e. The van der Waals surface area contributed by atoms with E-state index in [-0.39, 0.29) is 5.91 Å². The summed E-state index contributed by atoms with van der Waals surface area (Å²) in [6.07, 6.45) is 1.36. The first-order valence-corrected chi connectivity index (χ1v) is 9.46. The Balaban J connectivity index is 1.51. The van der Waals surface area contributed by atoms with Gasteiger partial charge in [-0.2, -0.15) is 13.2 Å². The minimum absolute atomic E-state index is 0.109. The van der Waals surface area contributed by atoms with Gasteiger partial charge in [-0.25, -0.2) is 4.98 Å². The lowest BCUT2D eigenvalue weighted by Gasteiger charge is -2.35. The number of nitrogens with zero attached hydrogens (tertiary/aromatic N) is 3. The maximum absolute atomic E-state index is 12.7. The molecule has 1 aromatic carbocycles. The maximum Gasteiger partial charge on any atom is 0.417 e. The second-order valence-corrected chi connectivity index (χ2v) is 6.72. The van der Waals surface area contributed by atoms with Crippen LogP contribution in [0.25, 0.3) is 6.08 Å². The Hall–Kier alpha value is -3.29. The number of piperazine rings is 1. The first kappa shape index (κ1) is 21.4. The van der Waals surface area contributed by atoms with Crippen LogP contribution < -0.4 is 9.64 Å². The Morgan fingerprint density at radius 2 is 1.80 bits per heavy atom. The first-order chi connectivity index (χ1) is 14.4. The van der Waals surface area contributed by atoms with E-state index in [0.717, 1.165) is 23.6 Å². The summed E-state index contributed by atoms with van der Waals surface area (Å²) in [5.41, 5.74) is 0.104. The number of benzene rings is 1. The lowest BCUT2D eigenvalue weighted by atomic mass is 10.2. The molecule has 1 fully saturated rings. The van der Waals surface area contributed by atoms with E-state index in [1.165, 1.54) is 12.1 Å². The van der Waals surface area contributed by atoms with Gasteiger partial charge in [-0.05, 0) is 35.9 Å². The molecule has 30 heavy (non-hydrogen) atoms. The number of rotatable bonds is 6. The molecule has 0 saturated carbocycles. The molecule has 158 valence electrons. The van der Waals surface area contributed by atoms with Crippen molar-refractivity contribution in [3.8, 4) is 5.75 Å². The van der Waals surface area contributed by atoms with Crippen molar-refractivity contribution in [1.82, 2.24) is 9.88 Å². The maximum atomic E-state index is 12.7. The molecule has 1 aliphatic heterocycles. The van der Waals surface area contributed by atoms with Crippen molar-refractivity contribution in [2.24, 2.45) is 0 Å². The number of carbonyl (C=O) groups excluding carboxylic acids is 1. The average molecular weight is 417 g/mol. The average Bonchev–Trinajstić information content (AvgIpc) is 2.76. The van der Waals surface area contributed by atoms with Crippen LogP contribution in [-0.4, -0.2) is 48.6 Å². The second-order valence-electron chi connectivity index (χ2n) is 6.72. The van der Waals surface area contributed by atoms with Crippen LogP contribution in [-0.2, 0) is 11.0 Å². The van der Waals surface area contributed by atoms with Gasteiger partial charge in [-0.3, -0.25) is 4.79 Å². The third-order valence-corrected chi connectivity index (χ3v) is 4.66. The van der Waals surface area contributed by atoms with Crippen LogP contribution in [0.1, 0.15) is 11.1 Å². The van der Waals surface area contributed by atoms with Gasteiger partial charge in [0.2, 0.25) is 5.91 Å². The predicted molar refractivity (Wildman–Crippen MR) is 109 cm³/mol. The first-order valence-electron chi connectivity index (χ1n) is 9.46. The minimum Gasteiger partial charge on any atom is -0.490 e. The van der Waals surface area contributed by atoms with Crippen molar-refractivity contribution < 1.29 is 22.7 Å². The molecular formula is C22H22F3N3O2. The SMILES string of the molecule is C=CCOc1ccc(/C=C/C(=O)N2CCN(c3ccc(C(F)(F)F)cn3)CC2)cc1. The third-order valence-electron chi connectivity index (χ3n) is 4.66. The molecule has 2 aromatic rings. The molecule has 2 heterocycles. The molecule has 0 bridgehead atoms. The van der Waals surface area contributed by atoms with Gasteiger partial charge < -0.3 is 14.5 Å². The molecule has 1 saturated heterocycles. The molecule has 0 aliphatic carbocycles. The van der Waals surface area contributed by atoms with Gasteiger partial charge >= 0.3 is 6.18 Å². The van der Waals surface area contributed by atoms with Crippen LogP contribution >= 0.6 is 0 Å². The van der Waals surface area contributed by atoms with Gasteiger partial charge in [0.25, 0.3) is 0 Å². The van der Waals surface area contributed by atoms with Crippen LogP contribution in [0.4, 0.5) is 19.0 Å². The van der Waals surface area contributed by atoms with Gasteiger partial charge in [-0.15, -0.1) is 0 Å². The highest BCUT2D eigenvalue weighted by Crippen LogP contribution is 2.29. The van der Waals surface area contributed by atoms with E-state index in [9.17, 15) is 18.0 Å². The Morgan fingerprint density at radius 3 is 2.37 bits per heavy atom. The molecule has 5 nitrogen and oxygen atoms in total. The highest BCUT2D eigenvalue weighted by Gasteiger charge is 2.31. The number of pyridine rings is 1. The third kappa shape index (κ3) is 5.62. The van der Waals surface area contributed by atoms with E-state index < -0.39 is 11.7 Å². The fraction of sp³-hybridized carbons (Fsp3) is 0.273. The number of aromatic nitrogens is 1. The Labute approximate surface area is 173 Å². The largest absolute Gasteiger partial charge is 0.490 e. The van der Waals surface area contributed by atoms with E-state index in [1.54, 1.807) is 17.1 Å². The minimum atomic E-state index is -4.40. The molecule has 0 N–H and O–H groups in total. The normalized spacial score (nSPS) is 14.8. The Morgan fingerprint density at radius 1 is 1.10 bits per heavy atom. The zero-order valence-corrected chi connectivity index (χ0v) is 16.3. The lowest BCUT2D eigenvalue weighted by Crippen LogP contribution is -2.48. The molecule has 1 amide bonds. The van der Waals surface area contributed by atoms with E-state index in [2.05, 4.69) is 11.6 Å². The topological polar surface area (TPSA) is 45.7 Å². The quantitative estimate of drug-likeness (QED) is 0.526. The van der Waals surface area contributed by atoms with Crippen molar-refractivity contribution in [3.05, 3.63) is 72.5 Å². The Bertz CT molecular complexity index is 885. The molecule has 1 aliphatic rings. The highest BCUT2D eigenvalue weighted by atomic mass is 19.4. The van der Waals surface area contributed by atoms with E-state index in [0.29, 0.717) is 38.6 Å². The van der Waals surface area contributed by atoms with Crippen molar-refractivity contribution >= 4 is 17.8 Å². The molecule has 0 spiro atoms. The van der Waals surface area contributed by atoms with Crippen molar-refractivity contribution in [3.63, 3.8) is 0 Å². The second kappa shape index (κ2) is 9.47. The molecule has 1 aromatic heterocycles. The summed E-state index contributed by atoms with van der Waals surface area (Å²) in [4.78, 5) is 19.9. The zero-order valence-electron chi connectivity index (χ0n) is 16.3. The van der Waals surface area contributed by atoms with E-state index >= 15 is 0 Å². The summed E-state index contributed by atoms with van der Waals surface area (Å²) in [6.45, 7) is 5.99. The fourth-order valence-electron chi connectivity index (χ4n) is 3.00. The molecule has 8 heteroatoms. The van der Waals surface area contributed by atoms with Crippen LogP contribution in [0, 0.1) is 0 Å². The predicted octanol–water partition coefficient (Wildman–Crippen LogP) is 4.03. The van der Waals surface area contributed by atoms with Gasteiger partial charge in [-0.1, -0.05) is 24.8 Å². The molecule has 0 unspecified atom stereocenters. The highest BCUT2D eigenvalue weighted by molar-refractivity contribution is 5.92. The standard InChI is InChI=1S/C22H22F3N3O2/c1-2-15-30-19-7-3-17(4-8-19)5-10-21(29)28-13-11-27(12-14-28)20-9-6-18(16-26-20)22(23,24)25/h2-10,16H,1,11-15H2/b10-5+. The molecule has 0 atom stereocenters. The van der Waals surface area contributed by atoms with Gasteiger partial charge in [0.1, 0.15) is 18.2 Å². The van der Waals surface area contributed by atoms with Crippen LogP contribution in [0.15, 0.2) is 61.3 Å². The van der Waals surface area contributed by atoms with Gasteiger partial charge in [0, 0.05) is 38.5 Å². The lowest BCUT2D eigenvalue weighted by molar-refractivity contribution is -0.137. The molecular weight excluding hydrogens is 395 g/mol. The van der Waals surface area contributed by atoms with Crippen molar-refractivity contribution in [1.29, 1.82) is 0 Å². The number of anilines is 1. The van der Waals surface area contributed by atoms with E-state index in [1.807, 2.05) is 29.2 Å². The number of halogens is 3. The van der Waals surface area contributed by atoms with Gasteiger partial charge in [0.15, 0.2) is 0 Å². The van der Waals surface area contributed by atoms with Crippen LogP contribution in [0.3, 0.4) is 0 Å². The summed E-state index contributed by atoms with van der Waals surface area (Å²) in [7, 11) is 0. The summed E-state index contributed by atoms with van der Waals surface area (Å²) in [5, 5.41) is 0. The molecule has 3 rings (SSSR count). The number of ether oxygens (including phenoxy) is 1. The fourth-order valence-corrected chi connectivity index (χ4v) is 3.00. The summed E-state index contributed by atoms with van der Waals surface area (Å²) in [6, 6.07) is 9.75. The monoisotopic (exact) mass is 417 g/mol. The summed E-state index contributed by atoms with van der Waals surface area (Å²) >= 11 is 0. The van der Waals surface area contributed by atoms with Crippen molar-refractivity contribution in [2.75, 3.05) is 37.7 Å². The number of alkyl halides is 3. The molecule has 0 radical (unpaired) electrons. The number of hydrogen-bond donors (Lipinski definition) is 0. The van der Waals surface area contributed by atoms with Gasteiger partial charge in [0.05, 0.1) is 5.56 Å². The summed E-state index contributed by atoms with van der Waals surface area (Å²) in [5.74, 6) is 1.10. The summed E-state index contributed by atoms with van der Waals surface area (Å²) < 4.78 is 43.4. The van der Waals surface area contributed by atoms with Crippen LogP contribution in [0.5, 0.6) is 5.75 Å². The van der Waals surface area contributed by atoms with Crippen LogP contribution in [0.2, 0.25) is 0 Å². The number of carbonyl (C=O) groups is 1. The number of amides is 1. The van der Waals surface area contributed by atoms with E-state index in [4.69, 9.17) is 4.74 Å². The Kier molecular flexibility index (Phi) is 6.76. The number of hydrogen-bond acceptors (Lipinski definition) is 4.